The molecule has 3 rings (SSSR count). The first-order chi connectivity index (χ1) is 16.8. The monoisotopic (exact) mass is 553 g/mol. The van der Waals surface area contributed by atoms with E-state index in [4.69, 9.17) is 17.0 Å². The van der Waals surface area contributed by atoms with Crippen LogP contribution in [0, 0.1) is 5.92 Å². The molecule has 0 heterocycles. The van der Waals surface area contributed by atoms with E-state index in [0.29, 0.717) is 46.1 Å². The molecule has 0 unspecified atom stereocenters. The zero-order valence-electron chi connectivity index (χ0n) is 19.6. The summed E-state index contributed by atoms with van der Waals surface area (Å²) in [6.07, 6.45) is 0.945. The molecule has 35 heavy (non-hydrogen) atoms. The number of hydrogen-bond acceptors (Lipinski definition) is 4. The van der Waals surface area contributed by atoms with Gasteiger partial charge < -0.3 is 15.4 Å². The Labute approximate surface area is 219 Å². The number of ether oxygens (including phenoxy) is 1. The van der Waals surface area contributed by atoms with Crippen molar-refractivity contribution in [2.24, 2.45) is 5.92 Å². The molecule has 0 aliphatic heterocycles. The number of amides is 2. The third-order valence-electron chi connectivity index (χ3n) is 5.09. The molecule has 6 nitrogen and oxygen atoms in total. The van der Waals surface area contributed by atoms with E-state index in [2.05, 4.69) is 45.7 Å². The minimum Gasteiger partial charge on any atom is -0.492 e. The first kappa shape index (κ1) is 26.4. The Bertz CT molecular complexity index is 1190. The van der Waals surface area contributed by atoms with Crippen LogP contribution < -0.4 is 20.7 Å². The van der Waals surface area contributed by atoms with E-state index in [1.165, 1.54) is 0 Å². The molecule has 0 radical (unpaired) electrons. The second-order valence-electron chi connectivity index (χ2n) is 8.30. The summed E-state index contributed by atoms with van der Waals surface area (Å²) in [7, 11) is 0. The molecule has 3 N–H and O–H groups in total. The number of benzene rings is 3. The highest BCUT2D eigenvalue weighted by Gasteiger charge is 2.15. The van der Waals surface area contributed by atoms with Crippen molar-refractivity contribution in [3.8, 4) is 5.75 Å². The first-order valence-electron chi connectivity index (χ1n) is 11.3. The van der Waals surface area contributed by atoms with Gasteiger partial charge in [0, 0.05) is 12.1 Å². The maximum absolute atomic E-state index is 12.7. The average molecular weight is 555 g/mol. The summed E-state index contributed by atoms with van der Waals surface area (Å²) in [5.41, 5.74) is 2.34. The molecule has 3 aromatic carbocycles. The van der Waals surface area contributed by atoms with Gasteiger partial charge >= 0.3 is 0 Å². The largest absolute Gasteiger partial charge is 0.492 e. The van der Waals surface area contributed by atoms with Crippen LogP contribution in [-0.4, -0.2) is 23.5 Å². The van der Waals surface area contributed by atoms with E-state index in [1.54, 1.807) is 42.5 Å². The highest BCUT2D eigenvalue weighted by Crippen LogP contribution is 2.26. The van der Waals surface area contributed by atoms with Crippen LogP contribution in [0.5, 0.6) is 5.75 Å². The van der Waals surface area contributed by atoms with Gasteiger partial charge in [-0.25, -0.2) is 0 Å². The maximum Gasteiger partial charge on any atom is 0.257 e. The van der Waals surface area contributed by atoms with Gasteiger partial charge in [0.1, 0.15) is 5.75 Å². The smallest absolute Gasteiger partial charge is 0.257 e. The quantitative estimate of drug-likeness (QED) is 0.286. The molecule has 3 aromatic rings. The van der Waals surface area contributed by atoms with Crippen molar-refractivity contribution >= 4 is 50.8 Å². The van der Waals surface area contributed by atoms with E-state index < -0.39 is 0 Å². The van der Waals surface area contributed by atoms with Crippen LogP contribution in [0.1, 0.15) is 46.5 Å². The molecule has 0 aliphatic carbocycles. The highest BCUT2D eigenvalue weighted by atomic mass is 79.9. The van der Waals surface area contributed by atoms with Gasteiger partial charge in [-0.2, -0.15) is 0 Å². The molecule has 0 spiro atoms. The third-order valence-corrected chi connectivity index (χ3v) is 5.91. The van der Waals surface area contributed by atoms with Crippen LogP contribution in [0.3, 0.4) is 0 Å². The lowest BCUT2D eigenvalue weighted by atomic mass is 10.1. The molecule has 0 aliphatic rings. The summed E-state index contributed by atoms with van der Waals surface area (Å²) >= 11 is 8.79. The summed E-state index contributed by atoms with van der Waals surface area (Å²) in [6.45, 7) is 5.28. The van der Waals surface area contributed by atoms with E-state index in [9.17, 15) is 9.59 Å². The Balaban J connectivity index is 1.59. The lowest BCUT2D eigenvalue weighted by Crippen LogP contribution is -2.35. The number of thiocarbonyl (C=S) groups is 1. The number of anilines is 1. The van der Waals surface area contributed by atoms with Crippen molar-refractivity contribution in [3.05, 3.63) is 94.0 Å². The fraction of sp³-hybridized carbons (Fsp3) is 0.222. The molecule has 0 saturated heterocycles. The number of para-hydroxylation sites is 1. The summed E-state index contributed by atoms with van der Waals surface area (Å²) < 4.78 is 6.46. The average Bonchev–Trinajstić information content (AvgIpc) is 2.84. The zero-order chi connectivity index (χ0) is 25.2. The highest BCUT2D eigenvalue weighted by molar-refractivity contribution is 9.10. The number of carbonyl (C=O) groups is 2. The van der Waals surface area contributed by atoms with Crippen molar-refractivity contribution in [1.29, 1.82) is 0 Å². The molecule has 8 heteroatoms. The van der Waals surface area contributed by atoms with Crippen molar-refractivity contribution in [2.75, 3.05) is 11.9 Å². The zero-order valence-corrected chi connectivity index (χ0v) is 22.0. The molecule has 182 valence electrons. The Morgan fingerprint density at radius 3 is 2.40 bits per heavy atom. The molecule has 0 saturated carbocycles. The molecule has 0 bridgehead atoms. The summed E-state index contributed by atoms with van der Waals surface area (Å²) in [6, 6.07) is 21.8. The lowest BCUT2D eigenvalue weighted by Gasteiger charge is -2.14. The predicted octanol–water partition coefficient (Wildman–Crippen LogP) is 5.93. The van der Waals surface area contributed by atoms with Crippen LogP contribution in [0.4, 0.5) is 5.69 Å². The second kappa shape index (κ2) is 13.0. The molecule has 0 atom stereocenters. The topological polar surface area (TPSA) is 79.5 Å². The Kier molecular flexibility index (Phi) is 9.81. The standard InChI is InChI=1S/C27H28BrN3O3S/c1-18(2)14-15-34-24-13-12-20(16-22(24)28)25(32)31-27(35)30-23-11-7-6-10-21(23)26(33)29-17-19-8-4-3-5-9-19/h3-13,16,18H,14-15,17H2,1-2H3,(H,29,33)(H2,30,31,32,35). The molecular weight excluding hydrogens is 526 g/mol. The fourth-order valence-electron chi connectivity index (χ4n) is 3.16. The molecule has 0 fully saturated rings. The van der Waals surface area contributed by atoms with Gasteiger partial charge in [-0.15, -0.1) is 0 Å². The summed E-state index contributed by atoms with van der Waals surface area (Å²) in [5, 5.41) is 8.61. The van der Waals surface area contributed by atoms with Crippen LogP contribution in [-0.2, 0) is 6.54 Å². The Morgan fingerprint density at radius 2 is 1.69 bits per heavy atom. The number of nitrogens with one attached hydrogen (secondary N) is 3. The van der Waals surface area contributed by atoms with Crippen molar-refractivity contribution < 1.29 is 14.3 Å². The van der Waals surface area contributed by atoms with Gasteiger partial charge in [-0.3, -0.25) is 14.9 Å². The molecule has 0 aromatic heterocycles. The fourth-order valence-corrected chi connectivity index (χ4v) is 3.85. The predicted molar refractivity (Wildman–Crippen MR) is 147 cm³/mol. The second-order valence-corrected chi connectivity index (χ2v) is 9.56. The van der Waals surface area contributed by atoms with E-state index in [0.717, 1.165) is 12.0 Å². The minimum atomic E-state index is -0.372. The van der Waals surface area contributed by atoms with Crippen LogP contribution in [0.25, 0.3) is 0 Å². The first-order valence-corrected chi connectivity index (χ1v) is 12.5. The van der Waals surface area contributed by atoms with Gasteiger partial charge in [0.25, 0.3) is 11.8 Å². The number of halogens is 1. The van der Waals surface area contributed by atoms with Gasteiger partial charge in [0.05, 0.1) is 22.3 Å². The van der Waals surface area contributed by atoms with Crippen LogP contribution in [0.15, 0.2) is 77.3 Å². The van der Waals surface area contributed by atoms with Crippen LogP contribution in [0.2, 0.25) is 0 Å². The van der Waals surface area contributed by atoms with Gasteiger partial charge in [0.2, 0.25) is 0 Å². The number of rotatable bonds is 9. The number of hydrogen-bond donors (Lipinski definition) is 3. The minimum absolute atomic E-state index is 0.0895. The molecule has 2 amide bonds. The number of carbonyl (C=O) groups excluding carboxylic acids is 2. The Morgan fingerprint density at radius 1 is 0.971 bits per heavy atom. The van der Waals surface area contributed by atoms with Gasteiger partial charge in [-0.05, 0) is 76.4 Å². The summed E-state index contributed by atoms with van der Waals surface area (Å²) in [4.78, 5) is 25.5. The van der Waals surface area contributed by atoms with Gasteiger partial charge in [0.15, 0.2) is 5.11 Å². The third kappa shape index (κ3) is 8.19. The van der Waals surface area contributed by atoms with Crippen molar-refractivity contribution in [3.63, 3.8) is 0 Å². The van der Waals surface area contributed by atoms with E-state index in [1.807, 2.05) is 30.3 Å². The van der Waals surface area contributed by atoms with E-state index in [-0.39, 0.29) is 16.9 Å². The maximum atomic E-state index is 12.7. The lowest BCUT2D eigenvalue weighted by molar-refractivity contribution is 0.0950. The van der Waals surface area contributed by atoms with Crippen molar-refractivity contribution in [1.82, 2.24) is 10.6 Å². The van der Waals surface area contributed by atoms with Crippen molar-refractivity contribution in [2.45, 2.75) is 26.8 Å². The van der Waals surface area contributed by atoms with Crippen LogP contribution >= 0.6 is 28.1 Å². The normalized spacial score (nSPS) is 10.5. The Hall–Kier alpha value is -3.23. The molecular formula is C27H28BrN3O3S. The summed E-state index contributed by atoms with van der Waals surface area (Å²) in [5.74, 6) is 0.608. The van der Waals surface area contributed by atoms with E-state index >= 15 is 0 Å². The SMILES string of the molecule is CC(C)CCOc1ccc(C(=O)NC(=S)Nc2ccccc2C(=O)NCc2ccccc2)cc1Br. The van der Waals surface area contributed by atoms with Gasteiger partial charge in [-0.1, -0.05) is 56.3 Å².